The predicted octanol–water partition coefficient (Wildman–Crippen LogP) is 13.4. The molecule has 6 aliphatic rings. The van der Waals surface area contributed by atoms with Crippen LogP contribution in [0.15, 0.2) is 157 Å². The van der Waals surface area contributed by atoms with Crippen molar-refractivity contribution >= 4 is 39.1 Å². The lowest BCUT2D eigenvalue weighted by Gasteiger charge is -2.46. The zero-order chi connectivity index (χ0) is 37.5. The van der Waals surface area contributed by atoms with Crippen LogP contribution in [0.2, 0.25) is 0 Å². The molecule has 0 amide bonds. The van der Waals surface area contributed by atoms with E-state index < -0.39 is 0 Å². The monoisotopic (exact) mass is 722 g/mol. The van der Waals surface area contributed by atoms with E-state index in [-0.39, 0.29) is 10.8 Å². The highest BCUT2D eigenvalue weighted by atomic mass is 15.2. The van der Waals surface area contributed by atoms with Gasteiger partial charge in [-0.25, -0.2) is 0 Å². The Hall–Kier alpha value is -5.86. The topological polar surface area (TPSA) is 6.48 Å². The van der Waals surface area contributed by atoms with E-state index in [1.54, 1.807) is 0 Å². The van der Waals surface area contributed by atoms with Crippen LogP contribution in [0.25, 0.3) is 27.5 Å². The van der Waals surface area contributed by atoms with Crippen LogP contribution in [0, 0.1) is 5.92 Å². The van der Waals surface area contributed by atoms with E-state index in [4.69, 9.17) is 0 Å². The summed E-state index contributed by atoms with van der Waals surface area (Å²) in [6.45, 7) is 9.86. The molecule has 0 saturated carbocycles. The van der Waals surface area contributed by atoms with Gasteiger partial charge in [0.05, 0.1) is 6.04 Å². The molecule has 4 aliphatic carbocycles. The highest BCUT2D eigenvalue weighted by Crippen LogP contribution is 2.58. The van der Waals surface area contributed by atoms with Gasteiger partial charge in [-0.2, -0.15) is 0 Å². The van der Waals surface area contributed by atoms with Crippen LogP contribution in [0.3, 0.4) is 0 Å². The number of para-hydroxylation sites is 3. The third-order valence-corrected chi connectivity index (χ3v) is 14.4. The van der Waals surface area contributed by atoms with Crippen LogP contribution in [0.4, 0.5) is 22.7 Å². The van der Waals surface area contributed by atoms with Crippen LogP contribution < -0.4 is 9.80 Å². The van der Waals surface area contributed by atoms with Crippen molar-refractivity contribution in [3.8, 4) is 11.1 Å². The number of rotatable bonds is 2. The van der Waals surface area contributed by atoms with E-state index in [9.17, 15) is 0 Å². The van der Waals surface area contributed by atoms with Gasteiger partial charge < -0.3 is 9.80 Å². The lowest BCUT2D eigenvalue weighted by molar-refractivity contribution is 0.513. The minimum atomic E-state index is -0.178. The quantitative estimate of drug-likeness (QED) is 0.175. The summed E-state index contributed by atoms with van der Waals surface area (Å²) in [5.41, 5.74) is 22.1. The molecule has 6 aromatic rings. The minimum absolute atomic E-state index is 0.133. The number of hydrogen-bond donors (Lipinski definition) is 0. The van der Waals surface area contributed by atoms with Crippen molar-refractivity contribution in [2.75, 3.05) is 9.80 Å². The van der Waals surface area contributed by atoms with Crippen molar-refractivity contribution < 1.29 is 0 Å². The van der Waals surface area contributed by atoms with Gasteiger partial charge in [0.1, 0.15) is 0 Å². The van der Waals surface area contributed by atoms with E-state index in [1.807, 2.05) is 0 Å². The van der Waals surface area contributed by atoms with Crippen molar-refractivity contribution in [2.24, 2.45) is 5.92 Å². The molecule has 0 fully saturated rings. The van der Waals surface area contributed by atoms with Crippen molar-refractivity contribution in [3.63, 3.8) is 0 Å². The van der Waals surface area contributed by atoms with Crippen molar-refractivity contribution in [2.45, 2.75) is 70.3 Å². The second-order valence-corrected chi connectivity index (χ2v) is 18.0. The number of benzene rings is 6. The molecule has 0 bridgehead atoms. The fourth-order valence-corrected chi connectivity index (χ4v) is 11.6. The first-order chi connectivity index (χ1) is 27.3. The molecule has 2 aliphatic heterocycles. The first kappa shape index (κ1) is 32.4. The molecule has 2 heterocycles. The zero-order valence-corrected chi connectivity index (χ0v) is 32.7. The predicted molar refractivity (Wildman–Crippen MR) is 234 cm³/mol. The standard InChI is InChI=1S/C54H46N2/c1-53(2)43-27-28-44-52-42(40-24-22-38(32-46(40)54(44,3)4)56-49-19-11-7-15-35(49)30-36-16-8-12-20-50(36)56)26-25-41(51(43)52)39-23-21-37(31-45(39)53)55-47-17-9-5-13-33(47)29-34-14-6-10-18-48(34)55/h5-21,23,25-28,31-32,35,49H,22,24,29-30H2,1-4H3. The molecule has 0 saturated heterocycles. The molecule has 0 N–H and O–H groups in total. The second-order valence-electron chi connectivity index (χ2n) is 18.0. The second kappa shape index (κ2) is 11.4. The van der Waals surface area contributed by atoms with Gasteiger partial charge in [0.25, 0.3) is 0 Å². The molecule has 272 valence electrons. The van der Waals surface area contributed by atoms with Crippen LogP contribution >= 0.6 is 0 Å². The third kappa shape index (κ3) is 4.28. The van der Waals surface area contributed by atoms with Crippen molar-refractivity contribution in [3.05, 3.63) is 196 Å². The molecule has 0 radical (unpaired) electrons. The molecule has 6 aromatic carbocycles. The van der Waals surface area contributed by atoms with Gasteiger partial charge in [-0.1, -0.05) is 137 Å². The molecule has 0 aromatic heterocycles. The maximum Gasteiger partial charge on any atom is 0.0588 e. The lowest BCUT2D eigenvalue weighted by Crippen LogP contribution is -2.44. The zero-order valence-electron chi connectivity index (χ0n) is 32.7. The Morgan fingerprint density at radius 2 is 1.18 bits per heavy atom. The van der Waals surface area contributed by atoms with Crippen LogP contribution in [-0.4, -0.2) is 6.04 Å². The van der Waals surface area contributed by atoms with Crippen LogP contribution in [-0.2, 0) is 23.7 Å². The van der Waals surface area contributed by atoms with E-state index in [0.29, 0.717) is 12.0 Å². The molecular weight excluding hydrogens is 677 g/mol. The first-order valence-electron chi connectivity index (χ1n) is 20.7. The smallest absolute Gasteiger partial charge is 0.0588 e. The highest BCUT2D eigenvalue weighted by Gasteiger charge is 2.43. The normalized spacial score (nSPS) is 21.4. The Balaban J connectivity index is 1.01. The minimum Gasteiger partial charge on any atom is -0.337 e. The summed E-state index contributed by atoms with van der Waals surface area (Å²) in [7, 11) is 0. The maximum atomic E-state index is 2.69. The third-order valence-electron chi connectivity index (χ3n) is 14.4. The molecule has 2 nitrogen and oxygen atoms in total. The Kier molecular flexibility index (Phi) is 6.57. The van der Waals surface area contributed by atoms with Crippen LogP contribution in [0.5, 0.6) is 0 Å². The van der Waals surface area contributed by atoms with Gasteiger partial charge >= 0.3 is 0 Å². The Morgan fingerprint density at radius 1 is 0.554 bits per heavy atom. The van der Waals surface area contributed by atoms with Gasteiger partial charge in [-0.15, -0.1) is 0 Å². The largest absolute Gasteiger partial charge is 0.337 e. The number of hydrogen-bond acceptors (Lipinski definition) is 2. The van der Waals surface area contributed by atoms with Gasteiger partial charge in [0.15, 0.2) is 0 Å². The fraction of sp³-hybridized carbons (Fsp3) is 0.222. The molecule has 0 spiro atoms. The average Bonchev–Trinajstić information content (AvgIpc) is 3.23. The number of nitrogens with zero attached hydrogens (tertiary/aromatic N) is 2. The van der Waals surface area contributed by atoms with Gasteiger partial charge in [0.2, 0.25) is 0 Å². The van der Waals surface area contributed by atoms with Crippen LogP contribution in [0.1, 0.15) is 79.5 Å². The Bertz CT molecular complexity index is 2790. The summed E-state index contributed by atoms with van der Waals surface area (Å²) in [6, 6.07) is 44.5. The summed E-state index contributed by atoms with van der Waals surface area (Å²) in [5.74, 6) is 0.496. The molecule has 2 heteroatoms. The molecule has 12 rings (SSSR count). The Labute approximate surface area is 330 Å². The molecule has 2 unspecified atom stereocenters. The highest BCUT2D eigenvalue weighted by molar-refractivity contribution is 6.11. The van der Waals surface area contributed by atoms with E-state index in [0.717, 1.165) is 25.7 Å². The Morgan fingerprint density at radius 3 is 1.95 bits per heavy atom. The number of allylic oxidation sites excluding steroid dienone is 6. The lowest BCUT2D eigenvalue weighted by atomic mass is 9.61. The molecule has 2 atom stereocenters. The molecule has 56 heavy (non-hydrogen) atoms. The van der Waals surface area contributed by atoms with E-state index in [2.05, 4.69) is 183 Å². The van der Waals surface area contributed by atoms with Gasteiger partial charge in [0, 0.05) is 51.6 Å². The number of fused-ring (bicyclic) bond motifs is 7. The van der Waals surface area contributed by atoms with Crippen molar-refractivity contribution in [1.82, 2.24) is 0 Å². The average molecular weight is 723 g/mol. The summed E-state index contributed by atoms with van der Waals surface area (Å²) in [6.07, 6.45) is 16.1. The number of anilines is 4. The summed E-state index contributed by atoms with van der Waals surface area (Å²) in [4.78, 5) is 5.18. The fourth-order valence-electron chi connectivity index (χ4n) is 11.6. The summed E-state index contributed by atoms with van der Waals surface area (Å²) >= 11 is 0. The molecular formula is C54H46N2. The van der Waals surface area contributed by atoms with E-state index >= 15 is 0 Å². The SMILES string of the molecule is CC1(C)C2=C(CCC(N3c4ccccc4CC4C=CC=CC43)=C2)c2ccc3c4c(ccc1c24)C(C)(C)c1cc(N2c4ccccc4Cc4ccccc42)ccc1-3. The summed E-state index contributed by atoms with van der Waals surface area (Å²) in [5, 5.41) is 2.94. The summed E-state index contributed by atoms with van der Waals surface area (Å²) < 4.78 is 0. The van der Waals surface area contributed by atoms with E-state index in [1.165, 1.54) is 100 Å². The van der Waals surface area contributed by atoms with Gasteiger partial charge in [-0.05, 0) is 128 Å². The first-order valence-corrected chi connectivity index (χ1v) is 20.7. The van der Waals surface area contributed by atoms with Crippen molar-refractivity contribution in [1.29, 1.82) is 0 Å². The van der Waals surface area contributed by atoms with Gasteiger partial charge in [-0.3, -0.25) is 0 Å². The maximum absolute atomic E-state index is 2.69.